The van der Waals surface area contributed by atoms with Crippen LogP contribution in [0, 0.1) is 5.92 Å². The first-order valence-electron chi connectivity index (χ1n) is 7.79. The maximum absolute atomic E-state index is 5.44. The molecule has 0 amide bonds. The lowest BCUT2D eigenvalue weighted by atomic mass is 10.1. The number of guanidine groups is 1. The maximum atomic E-state index is 5.44. The molecule has 7 heteroatoms. The summed E-state index contributed by atoms with van der Waals surface area (Å²) in [6.45, 7) is 6.23. The molecule has 1 atom stereocenters. The highest BCUT2D eigenvalue weighted by atomic mass is 127. The molecule has 0 aromatic carbocycles. The highest BCUT2D eigenvalue weighted by Crippen LogP contribution is 2.14. The zero-order chi connectivity index (χ0) is 15.8. The number of pyridine rings is 1. The summed E-state index contributed by atoms with van der Waals surface area (Å²) in [6, 6.07) is 3.87. The van der Waals surface area contributed by atoms with Gasteiger partial charge in [-0.3, -0.25) is 0 Å². The number of halogens is 1. The largest absolute Gasteiger partial charge is 0.481 e. The monoisotopic (exact) mass is 434 g/mol. The van der Waals surface area contributed by atoms with Gasteiger partial charge in [-0.25, -0.2) is 9.98 Å². The van der Waals surface area contributed by atoms with E-state index in [4.69, 9.17) is 14.5 Å². The van der Waals surface area contributed by atoms with Crippen LogP contribution in [0.2, 0.25) is 0 Å². The first kappa shape index (κ1) is 20.0. The van der Waals surface area contributed by atoms with Crippen molar-refractivity contribution in [2.45, 2.75) is 19.9 Å². The lowest BCUT2D eigenvalue weighted by Gasteiger charge is -2.24. The molecule has 1 aromatic heterocycles. The molecule has 6 nitrogen and oxygen atoms in total. The van der Waals surface area contributed by atoms with Crippen molar-refractivity contribution in [2.24, 2.45) is 10.9 Å². The number of nitrogens with zero attached hydrogens (tertiary/aromatic N) is 3. The maximum Gasteiger partial charge on any atom is 0.213 e. The Morgan fingerprint density at radius 1 is 1.57 bits per heavy atom. The molecule has 1 unspecified atom stereocenters. The summed E-state index contributed by atoms with van der Waals surface area (Å²) >= 11 is 0. The van der Waals surface area contributed by atoms with Gasteiger partial charge in [0, 0.05) is 44.9 Å². The second-order valence-corrected chi connectivity index (χ2v) is 5.49. The Kier molecular flexibility index (Phi) is 9.23. The molecule has 1 saturated heterocycles. The van der Waals surface area contributed by atoms with Crippen LogP contribution in [-0.4, -0.2) is 56.3 Å². The lowest BCUT2D eigenvalue weighted by Crippen LogP contribution is -2.41. The second kappa shape index (κ2) is 10.6. The Morgan fingerprint density at radius 2 is 2.39 bits per heavy atom. The molecule has 2 rings (SSSR count). The van der Waals surface area contributed by atoms with Crippen LogP contribution in [0.3, 0.4) is 0 Å². The third-order valence-electron chi connectivity index (χ3n) is 3.67. The van der Waals surface area contributed by atoms with Crippen LogP contribution in [0.4, 0.5) is 0 Å². The molecule has 0 saturated carbocycles. The van der Waals surface area contributed by atoms with Crippen LogP contribution < -0.4 is 10.1 Å². The average Bonchev–Trinajstić information content (AvgIpc) is 3.04. The molecule has 1 aromatic rings. The summed E-state index contributed by atoms with van der Waals surface area (Å²) < 4.78 is 10.6. The topological polar surface area (TPSA) is 59.0 Å². The molecule has 0 bridgehead atoms. The van der Waals surface area contributed by atoms with E-state index >= 15 is 0 Å². The van der Waals surface area contributed by atoms with E-state index in [2.05, 4.69) is 29.2 Å². The van der Waals surface area contributed by atoms with Crippen molar-refractivity contribution in [3.05, 3.63) is 23.9 Å². The number of ether oxygens (including phenoxy) is 2. The Morgan fingerprint density at radius 3 is 3.04 bits per heavy atom. The molecule has 1 aliphatic rings. The predicted octanol–water partition coefficient (Wildman–Crippen LogP) is 2.14. The zero-order valence-electron chi connectivity index (χ0n) is 14.1. The molecule has 0 aliphatic carbocycles. The predicted molar refractivity (Wildman–Crippen MR) is 103 cm³/mol. The molecule has 1 fully saturated rings. The number of aromatic nitrogens is 1. The van der Waals surface area contributed by atoms with Crippen molar-refractivity contribution in [1.82, 2.24) is 15.2 Å². The van der Waals surface area contributed by atoms with Gasteiger partial charge in [0.1, 0.15) is 0 Å². The van der Waals surface area contributed by atoms with E-state index in [1.54, 1.807) is 13.3 Å². The van der Waals surface area contributed by atoms with Crippen LogP contribution in [0.1, 0.15) is 18.9 Å². The van der Waals surface area contributed by atoms with Gasteiger partial charge in [-0.05, 0) is 25.0 Å². The zero-order valence-corrected chi connectivity index (χ0v) is 16.4. The Labute approximate surface area is 155 Å². The van der Waals surface area contributed by atoms with Crippen LogP contribution in [-0.2, 0) is 11.3 Å². The molecule has 2 heterocycles. The molecule has 0 radical (unpaired) electrons. The summed E-state index contributed by atoms with van der Waals surface area (Å²) in [5.41, 5.74) is 1.08. The number of hydrogen-bond acceptors (Lipinski definition) is 4. The number of rotatable bonds is 6. The van der Waals surface area contributed by atoms with Gasteiger partial charge in [-0.1, -0.05) is 0 Å². The standard InChI is InChI=1S/C16H26N4O2.HI/c1-4-17-16(20(2)11-14-6-8-22-12-14)19-10-13-5-7-18-15(9-13)21-3;/h5,7,9,14H,4,6,8,10-12H2,1-3H3,(H,17,19);1H. The van der Waals surface area contributed by atoms with E-state index in [-0.39, 0.29) is 24.0 Å². The minimum atomic E-state index is 0. The fourth-order valence-corrected chi connectivity index (χ4v) is 2.50. The van der Waals surface area contributed by atoms with E-state index in [0.717, 1.165) is 44.2 Å². The lowest BCUT2D eigenvalue weighted by molar-refractivity contribution is 0.181. The van der Waals surface area contributed by atoms with Crippen molar-refractivity contribution in [2.75, 3.05) is 40.5 Å². The third-order valence-corrected chi connectivity index (χ3v) is 3.67. The van der Waals surface area contributed by atoms with Gasteiger partial charge in [0.05, 0.1) is 20.3 Å². The third kappa shape index (κ3) is 6.50. The quantitative estimate of drug-likeness (QED) is 0.423. The summed E-state index contributed by atoms with van der Waals surface area (Å²) in [6.07, 6.45) is 2.88. The molecular formula is C16H27IN4O2. The smallest absolute Gasteiger partial charge is 0.213 e. The average molecular weight is 434 g/mol. The first-order valence-corrected chi connectivity index (χ1v) is 7.79. The van der Waals surface area contributed by atoms with Crippen molar-refractivity contribution >= 4 is 29.9 Å². The highest BCUT2D eigenvalue weighted by molar-refractivity contribution is 14.0. The summed E-state index contributed by atoms with van der Waals surface area (Å²) in [5, 5.41) is 3.34. The van der Waals surface area contributed by atoms with E-state index in [9.17, 15) is 0 Å². The van der Waals surface area contributed by atoms with Gasteiger partial charge in [0.25, 0.3) is 0 Å². The Hall–Kier alpha value is -1.09. The van der Waals surface area contributed by atoms with Crippen molar-refractivity contribution < 1.29 is 9.47 Å². The van der Waals surface area contributed by atoms with E-state index < -0.39 is 0 Å². The van der Waals surface area contributed by atoms with Crippen LogP contribution in [0.5, 0.6) is 5.88 Å². The minimum absolute atomic E-state index is 0. The molecule has 23 heavy (non-hydrogen) atoms. The molecule has 1 N–H and O–H groups in total. The highest BCUT2D eigenvalue weighted by Gasteiger charge is 2.18. The molecule has 1 aliphatic heterocycles. The first-order chi connectivity index (χ1) is 10.7. The number of methoxy groups -OCH3 is 1. The van der Waals surface area contributed by atoms with Gasteiger partial charge in [0.2, 0.25) is 5.88 Å². The van der Waals surface area contributed by atoms with Crippen molar-refractivity contribution in [3.8, 4) is 5.88 Å². The van der Waals surface area contributed by atoms with Gasteiger partial charge < -0.3 is 19.7 Å². The van der Waals surface area contributed by atoms with Gasteiger partial charge in [-0.15, -0.1) is 24.0 Å². The number of hydrogen-bond donors (Lipinski definition) is 1. The van der Waals surface area contributed by atoms with Crippen molar-refractivity contribution in [3.63, 3.8) is 0 Å². The van der Waals surface area contributed by atoms with Crippen LogP contribution >= 0.6 is 24.0 Å². The fraction of sp³-hybridized carbons (Fsp3) is 0.625. The summed E-state index contributed by atoms with van der Waals surface area (Å²) in [4.78, 5) is 11.0. The number of nitrogens with one attached hydrogen (secondary N) is 1. The van der Waals surface area contributed by atoms with E-state index in [1.807, 2.05) is 12.1 Å². The van der Waals surface area contributed by atoms with Gasteiger partial charge in [0.15, 0.2) is 5.96 Å². The normalized spacial score (nSPS) is 17.5. The summed E-state index contributed by atoms with van der Waals surface area (Å²) in [5.74, 6) is 2.13. The minimum Gasteiger partial charge on any atom is -0.481 e. The van der Waals surface area contributed by atoms with Crippen LogP contribution in [0.25, 0.3) is 0 Å². The van der Waals surface area contributed by atoms with Gasteiger partial charge >= 0.3 is 0 Å². The summed E-state index contributed by atoms with van der Waals surface area (Å²) in [7, 11) is 3.70. The fourth-order valence-electron chi connectivity index (χ4n) is 2.50. The molecular weight excluding hydrogens is 407 g/mol. The molecule has 0 spiro atoms. The second-order valence-electron chi connectivity index (χ2n) is 5.49. The van der Waals surface area contributed by atoms with E-state index in [0.29, 0.717) is 18.3 Å². The SMILES string of the molecule is CCNC(=NCc1ccnc(OC)c1)N(C)CC1CCOC1.I. The Balaban J connectivity index is 0.00000264. The number of aliphatic imine (C=N–C) groups is 1. The van der Waals surface area contributed by atoms with Gasteiger partial charge in [-0.2, -0.15) is 0 Å². The van der Waals surface area contributed by atoms with Crippen LogP contribution in [0.15, 0.2) is 23.3 Å². The van der Waals surface area contributed by atoms with Crippen molar-refractivity contribution in [1.29, 1.82) is 0 Å². The Bertz CT molecular complexity index is 493. The van der Waals surface area contributed by atoms with E-state index in [1.165, 1.54) is 0 Å². The molecule has 130 valence electrons.